The Kier molecular flexibility index (Phi) is 5.51. The van der Waals surface area contributed by atoms with Crippen LogP contribution in [0.25, 0.3) is 0 Å². The fraction of sp³-hybridized carbons (Fsp3) is 0.429. The summed E-state index contributed by atoms with van der Waals surface area (Å²) < 4.78 is 10.2. The summed E-state index contributed by atoms with van der Waals surface area (Å²) in [4.78, 5) is 23.2. The lowest BCUT2D eigenvalue weighted by atomic mass is 10.0. The molecular formula is C14H18O5. The van der Waals surface area contributed by atoms with Crippen molar-refractivity contribution in [1.29, 1.82) is 0 Å². The molecule has 1 atom stereocenters. The van der Waals surface area contributed by atoms with E-state index in [1.165, 1.54) is 0 Å². The molecular weight excluding hydrogens is 248 g/mol. The van der Waals surface area contributed by atoms with E-state index < -0.39 is 17.5 Å². The molecule has 0 amide bonds. The smallest absolute Gasteiger partial charge is 0.350 e. The molecule has 1 N–H and O–H groups in total. The second-order valence-corrected chi connectivity index (χ2v) is 3.98. The number of rotatable bonds is 7. The number of carboxylic acids is 1. The predicted molar refractivity (Wildman–Crippen MR) is 68.5 cm³/mol. The first kappa shape index (κ1) is 15.2. The van der Waals surface area contributed by atoms with Gasteiger partial charge in [-0.15, -0.1) is 0 Å². The molecule has 19 heavy (non-hydrogen) atoms. The number of hydrogen-bond donors (Lipinski definition) is 1. The van der Waals surface area contributed by atoms with Gasteiger partial charge in [0.05, 0.1) is 13.2 Å². The van der Waals surface area contributed by atoms with Crippen LogP contribution >= 0.6 is 0 Å². The first-order chi connectivity index (χ1) is 9.06. The van der Waals surface area contributed by atoms with Crippen molar-refractivity contribution in [3.63, 3.8) is 0 Å². The van der Waals surface area contributed by atoms with Crippen LogP contribution < -0.4 is 0 Å². The number of aliphatic carboxylic acids is 1. The molecule has 5 nitrogen and oxygen atoms in total. The maximum atomic E-state index is 11.8. The Morgan fingerprint density at radius 1 is 1.21 bits per heavy atom. The molecule has 1 rings (SSSR count). The van der Waals surface area contributed by atoms with Crippen molar-refractivity contribution >= 4 is 11.9 Å². The molecule has 1 unspecified atom stereocenters. The van der Waals surface area contributed by atoms with Crippen LogP contribution in [0.2, 0.25) is 0 Å². The van der Waals surface area contributed by atoms with E-state index in [1.54, 1.807) is 26.0 Å². The lowest BCUT2D eigenvalue weighted by Crippen LogP contribution is -2.49. The zero-order valence-electron chi connectivity index (χ0n) is 11.1. The van der Waals surface area contributed by atoms with Crippen molar-refractivity contribution in [1.82, 2.24) is 0 Å². The Morgan fingerprint density at radius 2 is 1.84 bits per heavy atom. The van der Waals surface area contributed by atoms with Crippen LogP contribution in [0.5, 0.6) is 0 Å². The zero-order chi connectivity index (χ0) is 14.3. The second kappa shape index (κ2) is 6.89. The van der Waals surface area contributed by atoms with Crippen molar-refractivity contribution in [3.05, 3.63) is 35.9 Å². The van der Waals surface area contributed by atoms with Crippen LogP contribution in [0.15, 0.2) is 30.3 Å². The van der Waals surface area contributed by atoms with Crippen LogP contribution in [0.3, 0.4) is 0 Å². The van der Waals surface area contributed by atoms with Gasteiger partial charge in [-0.05, 0) is 18.9 Å². The van der Waals surface area contributed by atoms with Gasteiger partial charge < -0.3 is 14.6 Å². The van der Waals surface area contributed by atoms with Gasteiger partial charge in [-0.25, -0.2) is 9.59 Å². The van der Waals surface area contributed by atoms with E-state index in [-0.39, 0.29) is 19.6 Å². The summed E-state index contributed by atoms with van der Waals surface area (Å²) in [6, 6.07) is 9.08. The number of esters is 1. The molecule has 0 aliphatic carbocycles. The number of carbonyl (C=O) groups excluding carboxylic acids is 1. The van der Waals surface area contributed by atoms with Gasteiger partial charge in [0, 0.05) is 0 Å². The van der Waals surface area contributed by atoms with Crippen LogP contribution in [-0.2, 0) is 25.7 Å². The van der Waals surface area contributed by atoms with Crippen molar-refractivity contribution in [3.8, 4) is 0 Å². The molecule has 0 saturated carbocycles. The minimum Gasteiger partial charge on any atom is -0.479 e. The molecule has 0 aliphatic heterocycles. The molecule has 5 heteroatoms. The molecule has 1 aromatic rings. The van der Waals surface area contributed by atoms with E-state index in [1.807, 2.05) is 18.2 Å². The third kappa shape index (κ3) is 3.54. The van der Waals surface area contributed by atoms with Gasteiger partial charge in [0.15, 0.2) is 0 Å². The molecule has 0 spiro atoms. The Balaban J connectivity index is 2.86. The first-order valence-corrected chi connectivity index (χ1v) is 6.15. The highest BCUT2D eigenvalue weighted by Crippen LogP contribution is 2.21. The van der Waals surface area contributed by atoms with Gasteiger partial charge >= 0.3 is 11.9 Å². The Bertz CT molecular complexity index is 429. The molecule has 0 aromatic heterocycles. The lowest BCUT2D eigenvalue weighted by molar-refractivity contribution is -0.189. The molecule has 0 fully saturated rings. The Labute approximate surface area is 112 Å². The molecule has 0 heterocycles. The minimum atomic E-state index is -1.94. The van der Waals surface area contributed by atoms with Crippen molar-refractivity contribution in [2.75, 3.05) is 6.61 Å². The average Bonchev–Trinajstić information content (AvgIpc) is 2.41. The molecule has 0 aliphatic rings. The molecule has 1 aromatic carbocycles. The fourth-order valence-electron chi connectivity index (χ4n) is 1.63. The topological polar surface area (TPSA) is 72.8 Å². The highest BCUT2D eigenvalue weighted by atomic mass is 16.6. The molecule has 0 radical (unpaired) electrons. The third-order valence-corrected chi connectivity index (χ3v) is 2.78. The van der Waals surface area contributed by atoms with E-state index in [0.717, 1.165) is 5.56 Å². The summed E-state index contributed by atoms with van der Waals surface area (Å²) in [6.07, 6.45) is 0.00794. The first-order valence-electron chi connectivity index (χ1n) is 6.15. The van der Waals surface area contributed by atoms with Crippen LogP contribution in [0, 0.1) is 0 Å². The van der Waals surface area contributed by atoms with Gasteiger partial charge in [0.2, 0.25) is 0 Å². The van der Waals surface area contributed by atoms with E-state index in [9.17, 15) is 14.7 Å². The number of carbonyl (C=O) groups is 2. The van der Waals surface area contributed by atoms with Crippen LogP contribution in [0.4, 0.5) is 0 Å². The van der Waals surface area contributed by atoms with E-state index in [4.69, 9.17) is 9.47 Å². The van der Waals surface area contributed by atoms with Gasteiger partial charge in [-0.2, -0.15) is 0 Å². The maximum Gasteiger partial charge on any atom is 0.350 e. The predicted octanol–water partition coefficient (Wildman–Crippen LogP) is 2.00. The molecule has 0 bridgehead atoms. The summed E-state index contributed by atoms with van der Waals surface area (Å²) in [6.45, 7) is 3.36. The monoisotopic (exact) mass is 266 g/mol. The summed E-state index contributed by atoms with van der Waals surface area (Å²) in [5.41, 5.74) is -1.14. The summed E-state index contributed by atoms with van der Waals surface area (Å²) >= 11 is 0. The maximum absolute atomic E-state index is 11.8. The second-order valence-electron chi connectivity index (χ2n) is 3.98. The van der Waals surface area contributed by atoms with Crippen molar-refractivity contribution in [2.45, 2.75) is 32.5 Å². The number of ether oxygens (including phenoxy) is 2. The minimum absolute atomic E-state index is 0.00794. The summed E-state index contributed by atoms with van der Waals surface area (Å²) in [5, 5.41) is 9.27. The standard InChI is InChI=1S/C14H18O5/c1-3-14(12(15)16,13(17)18-4-2)19-10-11-8-6-5-7-9-11/h5-9H,3-4,10H2,1-2H3,(H,15,16). The van der Waals surface area contributed by atoms with Crippen molar-refractivity contribution < 1.29 is 24.2 Å². The Hall–Kier alpha value is -1.88. The largest absolute Gasteiger partial charge is 0.479 e. The van der Waals surface area contributed by atoms with Gasteiger partial charge in [-0.3, -0.25) is 0 Å². The third-order valence-electron chi connectivity index (χ3n) is 2.78. The van der Waals surface area contributed by atoms with E-state index >= 15 is 0 Å². The lowest BCUT2D eigenvalue weighted by Gasteiger charge is -2.26. The quantitative estimate of drug-likeness (QED) is 0.603. The fourth-order valence-corrected chi connectivity index (χ4v) is 1.63. The van der Waals surface area contributed by atoms with Gasteiger partial charge in [0.25, 0.3) is 5.60 Å². The van der Waals surface area contributed by atoms with Crippen molar-refractivity contribution in [2.24, 2.45) is 0 Å². The molecule has 0 saturated heterocycles. The van der Waals surface area contributed by atoms with E-state index in [0.29, 0.717) is 0 Å². The number of carboxylic acid groups (broad SMARTS) is 1. The number of benzene rings is 1. The van der Waals surface area contributed by atoms with Gasteiger partial charge in [0.1, 0.15) is 0 Å². The highest BCUT2D eigenvalue weighted by Gasteiger charge is 2.47. The number of hydrogen-bond acceptors (Lipinski definition) is 4. The SMILES string of the molecule is CCOC(=O)C(CC)(OCc1ccccc1)C(=O)O. The average molecular weight is 266 g/mol. The normalized spacial score (nSPS) is 13.6. The van der Waals surface area contributed by atoms with Gasteiger partial charge in [-0.1, -0.05) is 37.3 Å². The summed E-state index contributed by atoms with van der Waals surface area (Å²) in [5.74, 6) is -2.19. The summed E-state index contributed by atoms with van der Waals surface area (Å²) in [7, 11) is 0. The Morgan fingerprint density at radius 3 is 2.32 bits per heavy atom. The molecule has 104 valence electrons. The zero-order valence-corrected chi connectivity index (χ0v) is 11.1. The van der Waals surface area contributed by atoms with E-state index in [2.05, 4.69) is 0 Å². The van der Waals surface area contributed by atoms with Crippen LogP contribution in [0.1, 0.15) is 25.8 Å². The van der Waals surface area contributed by atoms with Crippen LogP contribution in [-0.4, -0.2) is 29.3 Å². The highest BCUT2D eigenvalue weighted by molar-refractivity contribution is 6.02.